The second kappa shape index (κ2) is 7.42. The minimum atomic E-state index is -4.33. The summed E-state index contributed by atoms with van der Waals surface area (Å²) in [5, 5.41) is 3.39. The van der Waals surface area contributed by atoms with Crippen LogP contribution in [-0.4, -0.2) is 6.54 Å². The molecular weight excluding hydrogens is 367 g/mol. The molecule has 2 aliphatic rings. The first-order valence-corrected chi connectivity index (χ1v) is 10.5. The molecule has 1 aliphatic carbocycles. The minimum absolute atomic E-state index is 0.544. The molecule has 0 amide bonds. The van der Waals surface area contributed by atoms with Crippen LogP contribution in [0.15, 0.2) is 46.2 Å². The van der Waals surface area contributed by atoms with Gasteiger partial charge in [0.1, 0.15) is 0 Å². The number of alkyl halides is 3. The molecule has 1 nitrogen and oxygen atoms in total. The minimum Gasteiger partial charge on any atom is -0.384 e. The van der Waals surface area contributed by atoms with Gasteiger partial charge in [0.25, 0.3) is 0 Å². The highest BCUT2D eigenvalue weighted by molar-refractivity contribution is 7.99. The second-order valence-electron chi connectivity index (χ2n) is 7.90. The average molecular weight is 392 g/mol. The molecule has 1 aliphatic heterocycles. The Hall–Kier alpha value is -1.62. The normalized spacial score (nSPS) is 22.1. The van der Waals surface area contributed by atoms with E-state index in [-0.39, 0.29) is 0 Å². The van der Waals surface area contributed by atoms with Gasteiger partial charge in [-0.2, -0.15) is 13.2 Å². The van der Waals surface area contributed by atoms with E-state index in [1.807, 2.05) is 18.2 Å². The van der Waals surface area contributed by atoms with E-state index in [4.69, 9.17) is 0 Å². The number of benzene rings is 2. The Morgan fingerprint density at radius 3 is 2.70 bits per heavy atom. The molecule has 2 unspecified atom stereocenters. The number of hydrogen-bond acceptors (Lipinski definition) is 2. The summed E-state index contributed by atoms with van der Waals surface area (Å²) in [7, 11) is 0. The first kappa shape index (κ1) is 18.7. The lowest BCUT2D eigenvalue weighted by Crippen LogP contribution is -2.22. The molecule has 2 aromatic rings. The van der Waals surface area contributed by atoms with Gasteiger partial charge in [0, 0.05) is 28.4 Å². The molecule has 0 radical (unpaired) electrons. The van der Waals surface area contributed by atoms with Gasteiger partial charge >= 0.3 is 6.18 Å². The third-order valence-corrected chi connectivity index (χ3v) is 6.92. The van der Waals surface area contributed by atoms with Gasteiger partial charge in [0.2, 0.25) is 0 Å². The molecule has 1 heterocycles. The first-order chi connectivity index (χ1) is 12.9. The molecule has 5 heteroatoms. The molecule has 0 bridgehead atoms. The highest BCUT2D eigenvalue weighted by atomic mass is 32.2. The predicted molar refractivity (Wildman–Crippen MR) is 104 cm³/mol. The maximum Gasteiger partial charge on any atom is 0.416 e. The van der Waals surface area contributed by atoms with Crippen LogP contribution in [0.2, 0.25) is 0 Å². The molecule has 4 rings (SSSR count). The molecule has 2 aromatic carbocycles. The quantitative estimate of drug-likeness (QED) is 0.516. The van der Waals surface area contributed by atoms with Crippen LogP contribution >= 0.6 is 11.8 Å². The number of halogens is 3. The van der Waals surface area contributed by atoms with Gasteiger partial charge in [-0.3, -0.25) is 0 Å². The van der Waals surface area contributed by atoms with Crippen molar-refractivity contribution < 1.29 is 13.2 Å². The van der Waals surface area contributed by atoms with Crippen LogP contribution in [-0.2, 0) is 12.6 Å². The molecule has 0 spiro atoms. The van der Waals surface area contributed by atoms with Crippen molar-refractivity contribution in [3.05, 3.63) is 53.1 Å². The molecular formula is C22H24F3NS. The van der Waals surface area contributed by atoms with E-state index in [1.54, 1.807) is 0 Å². The summed E-state index contributed by atoms with van der Waals surface area (Å²) in [6, 6.07) is 10.6. The lowest BCUT2D eigenvalue weighted by molar-refractivity contribution is -0.137. The third kappa shape index (κ3) is 4.13. The summed E-state index contributed by atoms with van der Waals surface area (Å²) in [5.41, 5.74) is 2.27. The summed E-state index contributed by atoms with van der Waals surface area (Å²) in [6.45, 7) is 3.02. The van der Waals surface area contributed by atoms with Crippen molar-refractivity contribution >= 4 is 17.4 Å². The Labute approximate surface area is 162 Å². The smallest absolute Gasteiger partial charge is 0.384 e. The van der Waals surface area contributed by atoms with Crippen molar-refractivity contribution in [1.82, 2.24) is 0 Å². The monoisotopic (exact) mass is 391 g/mol. The van der Waals surface area contributed by atoms with Crippen LogP contribution in [0.3, 0.4) is 0 Å². The molecule has 0 saturated heterocycles. The molecule has 1 N–H and O–H groups in total. The molecule has 0 aromatic heterocycles. The van der Waals surface area contributed by atoms with Crippen LogP contribution in [0.4, 0.5) is 18.9 Å². The zero-order chi connectivity index (χ0) is 19.0. The van der Waals surface area contributed by atoms with Crippen molar-refractivity contribution in [3.8, 4) is 0 Å². The molecule has 144 valence electrons. The van der Waals surface area contributed by atoms with Gasteiger partial charge in [-0.25, -0.2) is 0 Å². The van der Waals surface area contributed by atoms with Gasteiger partial charge in [0.05, 0.1) is 5.56 Å². The van der Waals surface area contributed by atoms with E-state index in [2.05, 4.69) is 18.3 Å². The van der Waals surface area contributed by atoms with Crippen molar-refractivity contribution in [1.29, 1.82) is 0 Å². The number of anilines is 1. The van der Waals surface area contributed by atoms with Crippen molar-refractivity contribution in [2.45, 2.75) is 55.0 Å². The largest absolute Gasteiger partial charge is 0.416 e. The molecule has 1 fully saturated rings. The maximum absolute atomic E-state index is 13.4. The number of fused-ring (bicyclic) bond motifs is 2. The van der Waals surface area contributed by atoms with E-state index >= 15 is 0 Å². The highest BCUT2D eigenvalue weighted by Gasteiger charge is 2.33. The van der Waals surface area contributed by atoms with Crippen LogP contribution in [0.5, 0.6) is 0 Å². The highest BCUT2D eigenvalue weighted by Crippen LogP contribution is 2.45. The fourth-order valence-electron chi connectivity index (χ4n) is 4.30. The third-order valence-electron chi connectivity index (χ3n) is 5.72. The maximum atomic E-state index is 13.4. The van der Waals surface area contributed by atoms with Crippen LogP contribution in [0.1, 0.15) is 49.3 Å². The Morgan fingerprint density at radius 1 is 1.11 bits per heavy atom. The van der Waals surface area contributed by atoms with E-state index in [1.165, 1.54) is 42.3 Å². The zero-order valence-corrected chi connectivity index (χ0v) is 16.2. The Balaban J connectivity index is 1.63. The van der Waals surface area contributed by atoms with Crippen LogP contribution < -0.4 is 5.32 Å². The van der Waals surface area contributed by atoms with Gasteiger partial charge in [0.15, 0.2) is 0 Å². The van der Waals surface area contributed by atoms with Crippen molar-refractivity contribution in [2.24, 2.45) is 11.8 Å². The fraction of sp³-hybridized carbons (Fsp3) is 0.455. The lowest BCUT2D eigenvalue weighted by atomic mass is 9.82. The van der Waals surface area contributed by atoms with Gasteiger partial charge in [-0.05, 0) is 54.0 Å². The van der Waals surface area contributed by atoms with Gasteiger partial charge in [-0.1, -0.05) is 49.7 Å². The summed E-state index contributed by atoms with van der Waals surface area (Å²) in [4.78, 5) is 1.78. The predicted octanol–water partition coefficient (Wildman–Crippen LogP) is 7.00. The average Bonchev–Trinajstić information content (AvgIpc) is 2.63. The molecule has 27 heavy (non-hydrogen) atoms. The Morgan fingerprint density at radius 2 is 1.93 bits per heavy atom. The topological polar surface area (TPSA) is 12.0 Å². The van der Waals surface area contributed by atoms with E-state index in [9.17, 15) is 13.2 Å². The Kier molecular flexibility index (Phi) is 5.15. The van der Waals surface area contributed by atoms with Crippen molar-refractivity contribution in [2.75, 3.05) is 11.9 Å². The number of rotatable bonds is 3. The van der Waals surface area contributed by atoms with Crippen molar-refractivity contribution in [3.63, 3.8) is 0 Å². The van der Waals surface area contributed by atoms with E-state index in [0.29, 0.717) is 23.9 Å². The first-order valence-electron chi connectivity index (χ1n) is 9.64. The number of nitrogens with one attached hydrogen (secondary N) is 1. The van der Waals surface area contributed by atoms with E-state index in [0.717, 1.165) is 34.7 Å². The SMILES string of the molecule is CC1CCCC(CNc2cc(C(F)(F)F)cc3c2Cc2ccccc2S3)C1. The standard InChI is InChI=1S/C22H24F3NS/c1-14-5-4-6-15(9-14)13-26-19-11-17(22(23,24)25)12-21-18(19)10-16-7-2-3-8-20(16)27-21/h2-3,7-8,11-12,14-15,26H,4-6,9-10,13H2,1H3. The summed E-state index contributed by atoms with van der Waals surface area (Å²) in [6.07, 6.45) is 1.16. The zero-order valence-electron chi connectivity index (χ0n) is 15.4. The van der Waals surface area contributed by atoms with Crippen LogP contribution in [0.25, 0.3) is 0 Å². The van der Waals surface area contributed by atoms with Gasteiger partial charge in [-0.15, -0.1) is 0 Å². The van der Waals surface area contributed by atoms with E-state index < -0.39 is 11.7 Å². The molecule has 1 saturated carbocycles. The summed E-state index contributed by atoms with van der Waals surface area (Å²) in [5.74, 6) is 1.26. The number of hydrogen-bond donors (Lipinski definition) is 1. The summed E-state index contributed by atoms with van der Waals surface area (Å²) >= 11 is 1.45. The molecule has 2 atom stereocenters. The second-order valence-corrected chi connectivity index (χ2v) is 8.99. The van der Waals surface area contributed by atoms with Gasteiger partial charge < -0.3 is 5.32 Å². The fourth-order valence-corrected chi connectivity index (χ4v) is 5.44. The lowest BCUT2D eigenvalue weighted by Gasteiger charge is -2.29. The Bertz CT molecular complexity index is 831. The van der Waals surface area contributed by atoms with Crippen LogP contribution in [0, 0.1) is 11.8 Å². The summed E-state index contributed by atoms with van der Waals surface area (Å²) < 4.78 is 40.3.